The van der Waals surface area contributed by atoms with Gasteiger partial charge in [-0.3, -0.25) is 10.2 Å². The van der Waals surface area contributed by atoms with E-state index in [-0.39, 0.29) is 12.4 Å². The van der Waals surface area contributed by atoms with Gasteiger partial charge in [-0.1, -0.05) is 72.8 Å². The van der Waals surface area contributed by atoms with E-state index in [2.05, 4.69) is 4.99 Å². The summed E-state index contributed by atoms with van der Waals surface area (Å²) in [5.41, 5.74) is 18.9. The molecule has 152 valence electrons. The highest BCUT2D eigenvalue weighted by molar-refractivity contribution is 6.04. The van der Waals surface area contributed by atoms with Crippen molar-refractivity contribution in [3.63, 3.8) is 0 Å². The molecule has 0 aliphatic heterocycles. The molecule has 3 aromatic rings. The van der Waals surface area contributed by atoms with Crippen LogP contribution >= 0.6 is 0 Å². The average Bonchev–Trinajstić information content (AvgIpc) is 2.76. The fourth-order valence-corrected chi connectivity index (χ4v) is 3.48. The third-order valence-electron chi connectivity index (χ3n) is 4.72. The normalized spacial score (nSPS) is 11.7. The number of nitrogens with zero attached hydrogens (tertiary/aromatic N) is 1. The van der Waals surface area contributed by atoms with Gasteiger partial charge in [0.1, 0.15) is 17.0 Å². The third-order valence-corrected chi connectivity index (χ3v) is 4.72. The quantitative estimate of drug-likeness (QED) is 0.165. The molecule has 30 heavy (non-hydrogen) atoms. The molecule has 3 aromatic carbocycles. The van der Waals surface area contributed by atoms with Gasteiger partial charge in [-0.05, 0) is 28.8 Å². The number of hydrogen-bond donors (Lipinski definition) is 4. The molecule has 3 rings (SSSR count). The van der Waals surface area contributed by atoms with Crippen LogP contribution in [0.15, 0.2) is 89.9 Å². The van der Waals surface area contributed by atoms with Gasteiger partial charge in [0.25, 0.3) is 0 Å². The van der Waals surface area contributed by atoms with Crippen LogP contribution in [0.25, 0.3) is 0 Å². The number of carbonyl (C=O) groups is 1. The lowest BCUT2D eigenvalue weighted by Gasteiger charge is -2.35. The Balaban J connectivity index is 2.28. The number of esters is 1. The minimum Gasteiger partial charge on any atom is -0.426 e. The number of benzene rings is 3. The van der Waals surface area contributed by atoms with E-state index in [4.69, 9.17) is 27.3 Å². The topological polar surface area (TPSA) is 141 Å². The first-order chi connectivity index (χ1) is 14.5. The van der Waals surface area contributed by atoms with Crippen molar-refractivity contribution in [2.24, 2.45) is 22.2 Å². The predicted molar refractivity (Wildman–Crippen MR) is 117 cm³/mol. The molecule has 0 aliphatic rings. The molecule has 0 fully saturated rings. The number of ether oxygens (including phenoxy) is 1. The lowest BCUT2D eigenvalue weighted by molar-refractivity contribution is -0.132. The number of carbonyl (C=O) groups excluding carboxylic acids is 1. The average molecular weight is 401 g/mol. The molecular formula is C23H23N5O2. The first-order valence-electron chi connectivity index (χ1n) is 9.29. The number of nitrogens with two attached hydrogens (primary N) is 3. The van der Waals surface area contributed by atoms with Crippen LogP contribution in [0.5, 0.6) is 5.75 Å². The first-order valence-corrected chi connectivity index (χ1v) is 9.29. The van der Waals surface area contributed by atoms with Crippen molar-refractivity contribution >= 4 is 17.8 Å². The number of nitrogens with one attached hydrogen (secondary N) is 1. The van der Waals surface area contributed by atoms with Crippen LogP contribution in [0.4, 0.5) is 0 Å². The number of rotatable bonds is 6. The van der Waals surface area contributed by atoms with Gasteiger partial charge in [0.05, 0.1) is 6.54 Å². The van der Waals surface area contributed by atoms with Crippen molar-refractivity contribution in [2.75, 3.05) is 6.54 Å². The van der Waals surface area contributed by atoms with Crippen molar-refractivity contribution in [1.82, 2.24) is 0 Å². The Morgan fingerprint density at radius 2 is 1.30 bits per heavy atom. The van der Waals surface area contributed by atoms with E-state index in [0.717, 1.165) is 16.7 Å². The van der Waals surface area contributed by atoms with Crippen molar-refractivity contribution in [3.8, 4) is 5.75 Å². The highest BCUT2D eigenvalue weighted by Crippen LogP contribution is 2.40. The fraction of sp³-hybridized carbons (Fsp3) is 0.0870. The number of amidine groups is 1. The summed E-state index contributed by atoms with van der Waals surface area (Å²) in [4.78, 5) is 15.6. The van der Waals surface area contributed by atoms with Gasteiger partial charge >= 0.3 is 5.97 Å². The Hall–Kier alpha value is -3.97. The Kier molecular flexibility index (Phi) is 6.24. The second-order valence-electron chi connectivity index (χ2n) is 6.57. The van der Waals surface area contributed by atoms with Gasteiger partial charge in [-0.15, -0.1) is 0 Å². The zero-order valence-corrected chi connectivity index (χ0v) is 16.3. The molecule has 0 saturated carbocycles. The number of aliphatic imine (C=N–C) groups is 1. The molecule has 0 saturated heterocycles. The van der Waals surface area contributed by atoms with Crippen LogP contribution in [0.2, 0.25) is 0 Å². The minimum absolute atomic E-state index is 0.152. The van der Waals surface area contributed by atoms with Gasteiger partial charge in [0.2, 0.25) is 5.96 Å². The Morgan fingerprint density at radius 1 is 0.833 bits per heavy atom. The summed E-state index contributed by atoms with van der Waals surface area (Å²) in [6.07, 6.45) is 0. The SMILES string of the molecule is N=C(N)N=C(N)C(c1ccccc1)(c1ccccc1)c1ccc(OC(=O)CN)cc1. The zero-order chi connectivity index (χ0) is 21.6. The van der Waals surface area contributed by atoms with Gasteiger partial charge in [0, 0.05) is 0 Å². The van der Waals surface area contributed by atoms with Crippen molar-refractivity contribution in [3.05, 3.63) is 102 Å². The summed E-state index contributed by atoms with van der Waals surface area (Å²) < 4.78 is 5.19. The molecule has 0 atom stereocenters. The number of hydrogen-bond acceptors (Lipinski definition) is 4. The maximum absolute atomic E-state index is 11.5. The molecule has 7 heteroatoms. The van der Waals surface area contributed by atoms with Gasteiger partial charge < -0.3 is 21.9 Å². The Labute approximate surface area is 174 Å². The highest BCUT2D eigenvalue weighted by Gasteiger charge is 2.40. The summed E-state index contributed by atoms with van der Waals surface area (Å²) in [6.45, 7) is -0.210. The summed E-state index contributed by atoms with van der Waals surface area (Å²) in [6, 6.07) is 26.2. The molecule has 7 N–H and O–H groups in total. The smallest absolute Gasteiger partial charge is 0.325 e. The van der Waals surface area contributed by atoms with Crippen molar-refractivity contribution in [2.45, 2.75) is 5.41 Å². The van der Waals surface area contributed by atoms with Crippen LogP contribution in [-0.2, 0) is 10.2 Å². The molecule has 0 unspecified atom stereocenters. The molecule has 0 heterocycles. The minimum atomic E-state index is -1.01. The molecule has 0 spiro atoms. The van der Waals surface area contributed by atoms with Crippen LogP contribution in [0.1, 0.15) is 16.7 Å². The maximum atomic E-state index is 11.5. The second kappa shape index (κ2) is 9.02. The van der Waals surface area contributed by atoms with Crippen molar-refractivity contribution in [1.29, 1.82) is 5.41 Å². The van der Waals surface area contributed by atoms with E-state index >= 15 is 0 Å². The van der Waals surface area contributed by atoms with Gasteiger partial charge in [-0.25, -0.2) is 0 Å². The van der Waals surface area contributed by atoms with E-state index in [1.807, 2.05) is 72.8 Å². The summed E-state index contributed by atoms with van der Waals surface area (Å²) in [5, 5.41) is 7.67. The fourth-order valence-electron chi connectivity index (χ4n) is 3.48. The van der Waals surface area contributed by atoms with Gasteiger partial charge in [0.15, 0.2) is 0 Å². The largest absolute Gasteiger partial charge is 0.426 e. The second-order valence-corrected chi connectivity index (χ2v) is 6.57. The van der Waals surface area contributed by atoms with Crippen LogP contribution in [-0.4, -0.2) is 24.3 Å². The molecule has 0 aromatic heterocycles. The van der Waals surface area contributed by atoms with E-state index in [0.29, 0.717) is 5.75 Å². The van der Waals surface area contributed by atoms with Crippen LogP contribution < -0.4 is 21.9 Å². The molecule has 0 bridgehead atoms. The van der Waals surface area contributed by atoms with E-state index in [1.54, 1.807) is 12.1 Å². The molecule has 0 amide bonds. The van der Waals surface area contributed by atoms with Crippen LogP contribution in [0.3, 0.4) is 0 Å². The molecular weight excluding hydrogens is 378 g/mol. The Bertz CT molecular complexity index is 1010. The zero-order valence-electron chi connectivity index (χ0n) is 16.3. The first kappa shape index (κ1) is 20.8. The molecule has 7 nitrogen and oxygen atoms in total. The predicted octanol–water partition coefficient (Wildman–Crippen LogP) is 2.14. The molecule has 0 radical (unpaired) electrons. The lowest BCUT2D eigenvalue weighted by atomic mass is 9.68. The summed E-state index contributed by atoms with van der Waals surface area (Å²) >= 11 is 0. The maximum Gasteiger partial charge on any atom is 0.325 e. The van der Waals surface area contributed by atoms with E-state index < -0.39 is 17.3 Å². The molecule has 0 aliphatic carbocycles. The summed E-state index contributed by atoms with van der Waals surface area (Å²) in [7, 11) is 0. The van der Waals surface area contributed by atoms with Crippen LogP contribution in [0, 0.1) is 5.41 Å². The van der Waals surface area contributed by atoms with E-state index in [9.17, 15) is 4.79 Å². The Morgan fingerprint density at radius 3 is 1.73 bits per heavy atom. The van der Waals surface area contributed by atoms with Crippen molar-refractivity contribution < 1.29 is 9.53 Å². The third kappa shape index (κ3) is 4.06. The highest BCUT2D eigenvalue weighted by atomic mass is 16.5. The van der Waals surface area contributed by atoms with Gasteiger partial charge in [-0.2, -0.15) is 4.99 Å². The monoisotopic (exact) mass is 401 g/mol. The van der Waals surface area contributed by atoms with E-state index in [1.165, 1.54) is 0 Å². The standard InChI is InChI=1S/C23H23N5O2/c24-15-20(29)30-19-13-11-18(12-14-19)23(21(25)28-22(26)27,16-7-3-1-4-8-16)17-9-5-2-6-10-17/h1-14H,15,24H2,(H5,25,26,27,28). The lowest BCUT2D eigenvalue weighted by Crippen LogP contribution is -2.44. The summed E-state index contributed by atoms with van der Waals surface area (Å²) in [5.74, 6) is -0.402. The number of guanidine groups is 1.